The number of ether oxygens (including phenoxy) is 2. The highest BCUT2D eigenvalue weighted by Gasteiger charge is 2.09. The molecule has 160 valence electrons. The van der Waals surface area contributed by atoms with Crippen LogP contribution in [0.4, 0.5) is 0 Å². The van der Waals surface area contributed by atoms with Crippen LogP contribution in [0.25, 0.3) is 0 Å². The number of rotatable bonds is 8. The van der Waals surface area contributed by atoms with Gasteiger partial charge in [-0.15, -0.1) is 0 Å². The lowest BCUT2D eigenvalue weighted by molar-refractivity contribution is -0.121. The van der Waals surface area contributed by atoms with Crippen LogP contribution in [-0.4, -0.2) is 18.4 Å². The molecule has 6 heteroatoms. The standard InChI is InChI=1S/C25H26N2O4/c1-3-30-22-12-14-23(15-13-22)31-17-19-8-10-20(11-9-19)25(29)27-26-24(28)16-21-7-5-4-6-18(21)2/h4-15H,3,16-17H2,1-2H3,(H,26,28)(H,27,29). The Hall–Kier alpha value is -3.80. The van der Waals surface area contributed by atoms with E-state index in [-0.39, 0.29) is 18.2 Å². The number of aryl methyl sites for hydroxylation is 1. The third kappa shape index (κ3) is 6.60. The Morgan fingerprint density at radius 2 is 1.45 bits per heavy atom. The Morgan fingerprint density at radius 1 is 0.806 bits per heavy atom. The Labute approximate surface area is 182 Å². The Kier molecular flexibility index (Phi) is 7.65. The lowest BCUT2D eigenvalue weighted by Gasteiger charge is -2.10. The van der Waals surface area contributed by atoms with Gasteiger partial charge >= 0.3 is 0 Å². The first kappa shape index (κ1) is 21.9. The predicted octanol–water partition coefficient (Wildman–Crippen LogP) is 3.98. The van der Waals surface area contributed by atoms with Crippen molar-refractivity contribution in [2.75, 3.05) is 6.61 Å². The van der Waals surface area contributed by atoms with E-state index in [0.717, 1.165) is 28.2 Å². The van der Waals surface area contributed by atoms with Crippen molar-refractivity contribution in [2.24, 2.45) is 0 Å². The van der Waals surface area contributed by atoms with Crippen molar-refractivity contribution in [3.05, 3.63) is 95.1 Å². The van der Waals surface area contributed by atoms with Crippen LogP contribution >= 0.6 is 0 Å². The summed E-state index contributed by atoms with van der Waals surface area (Å²) in [5.74, 6) is 0.887. The van der Waals surface area contributed by atoms with Gasteiger partial charge in [-0.25, -0.2) is 0 Å². The fourth-order valence-electron chi connectivity index (χ4n) is 2.94. The van der Waals surface area contributed by atoms with Gasteiger partial charge in [-0.05, 0) is 66.9 Å². The molecule has 3 aromatic carbocycles. The van der Waals surface area contributed by atoms with Crippen molar-refractivity contribution in [1.82, 2.24) is 10.9 Å². The number of hydrazine groups is 1. The summed E-state index contributed by atoms with van der Waals surface area (Å²) in [5, 5.41) is 0. The summed E-state index contributed by atoms with van der Waals surface area (Å²) in [6.45, 7) is 4.88. The highest BCUT2D eigenvalue weighted by molar-refractivity contribution is 5.95. The van der Waals surface area contributed by atoms with E-state index in [1.165, 1.54) is 0 Å². The number of nitrogens with one attached hydrogen (secondary N) is 2. The SMILES string of the molecule is CCOc1ccc(OCc2ccc(C(=O)NNC(=O)Cc3ccccc3C)cc2)cc1. The molecule has 0 aliphatic rings. The third-order valence-corrected chi connectivity index (χ3v) is 4.68. The Bertz CT molecular complexity index is 1010. The molecule has 0 unspecified atom stereocenters. The van der Waals surface area contributed by atoms with Crippen molar-refractivity contribution >= 4 is 11.8 Å². The first-order valence-electron chi connectivity index (χ1n) is 10.1. The molecule has 0 aromatic heterocycles. The van der Waals surface area contributed by atoms with Crippen LogP contribution in [0.15, 0.2) is 72.8 Å². The average Bonchev–Trinajstić information content (AvgIpc) is 2.79. The van der Waals surface area contributed by atoms with Gasteiger partial charge in [0.1, 0.15) is 18.1 Å². The van der Waals surface area contributed by atoms with Crippen molar-refractivity contribution in [1.29, 1.82) is 0 Å². The molecule has 3 aromatic rings. The van der Waals surface area contributed by atoms with Crippen LogP contribution in [0.3, 0.4) is 0 Å². The maximum Gasteiger partial charge on any atom is 0.269 e. The van der Waals surface area contributed by atoms with E-state index in [1.807, 2.05) is 74.5 Å². The minimum atomic E-state index is -0.378. The van der Waals surface area contributed by atoms with Gasteiger partial charge in [-0.2, -0.15) is 0 Å². The number of hydrogen-bond acceptors (Lipinski definition) is 4. The summed E-state index contributed by atoms with van der Waals surface area (Å²) in [5.41, 5.74) is 8.23. The second kappa shape index (κ2) is 10.8. The van der Waals surface area contributed by atoms with Gasteiger partial charge in [0.25, 0.3) is 5.91 Å². The number of amides is 2. The van der Waals surface area contributed by atoms with Crippen molar-refractivity contribution in [3.63, 3.8) is 0 Å². The molecule has 0 bridgehead atoms. The van der Waals surface area contributed by atoms with Gasteiger partial charge in [0.05, 0.1) is 13.0 Å². The topological polar surface area (TPSA) is 76.7 Å². The molecule has 2 N–H and O–H groups in total. The number of benzene rings is 3. The second-order valence-electron chi connectivity index (χ2n) is 7.00. The van der Waals surface area contributed by atoms with Crippen LogP contribution in [0, 0.1) is 6.92 Å². The summed E-state index contributed by atoms with van der Waals surface area (Å²) in [6, 6.07) is 22.1. The Morgan fingerprint density at radius 3 is 2.10 bits per heavy atom. The van der Waals surface area contributed by atoms with Crippen LogP contribution in [0.5, 0.6) is 11.5 Å². The summed E-state index contributed by atoms with van der Waals surface area (Å²) >= 11 is 0. The zero-order valence-corrected chi connectivity index (χ0v) is 17.7. The number of carbonyl (C=O) groups is 2. The number of carbonyl (C=O) groups excluding carboxylic acids is 2. The molecule has 0 fully saturated rings. The molecule has 31 heavy (non-hydrogen) atoms. The summed E-state index contributed by atoms with van der Waals surface area (Å²) < 4.78 is 11.2. The van der Waals surface area contributed by atoms with E-state index in [2.05, 4.69) is 10.9 Å². The molecule has 0 radical (unpaired) electrons. The molecule has 0 saturated carbocycles. The zero-order valence-electron chi connectivity index (χ0n) is 17.7. The molecule has 0 heterocycles. The van der Waals surface area contributed by atoms with Crippen molar-refractivity contribution in [3.8, 4) is 11.5 Å². The number of hydrogen-bond donors (Lipinski definition) is 2. The van der Waals surface area contributed by atoms with Gasteiger partial charge in [-0.1, -0.05) is 36.4 Å². The Balaban J connectivity index is 1.46. The van der Waals surface area contributed by atoms with Crippen LogP contribution in [0.2, 0.25) is 0 Å². The summed E-state index contributed by atoms with van der Waals surface area (Å²) in [7, 11) is 0. The molecule has 0 aliphatic heterocycles. The smallest absolute Gasteiger partial charge is 0.269 e. The monoisotopic (exact) mass is 418 g/mol. The van der Waals surface area contributed by atoms with Gasteiger partial charge in [0.2, 0.25) is 5.91 Å². The molecule has 2 amide bonds. The largest absolute Gasteiger partial charge is 0.494 e. The minimum absolute atomic E-state index is 0.203. The van der Waals surface area contributed by atoms with Crippen molar-refractivity contribution < 1.29 is 19.1 Å². The third-order valence-electron chi connectivity index (χ3n) is 4.68. The maximum absolute atomic E-state index is 12.3. The highest BCUT2D eigenvalue weighted by atomic mass is 16.5. The van der Waals surface area contributed by atoms with E-state index in [4.69, 9.17) is 9.47 Å². The maximum atomic E-state index is 12.3. The highest BCUT2D eigenvalue weighted by Crippen LogP contribution is 2.18. The van der Waals surface area contributed by atoms with E-state index in [0.29, 0.717) is 18.8 Å². The molecule has 6 nitrogen and oxygen atoms in total. The molecule has 3 rings (SSSR count). The average molecular weight is 418 g/mol. The second-order valence-corrected chi connectivity index (χ2v) is 7.00. The van der Waals surface area contributed by atoms with Gasteiger partial charge in [0, 0.05) is 5.56 Å². The fourth-order valence-corrected chi connectivity index (χ4v) is 2.94. The van der Waals surface area contributed by atoms with Crippen LogP contribution in [-0.2, 0) is 17.8 Å². The molecule has 0 saturated heterocycles. The fraction of sp³-hybridized carbons (Fsp3) is 0.200. The first-order chi connectivity index (χ1) is 15.0. The predicted molar refractivity (Wildman–Crippen MR) is 119 cm³/mol. The zero-order chi connectivity index (χ0) is 22.1. The summed E-state index contributed by atoms with van der Waals surface area (Å²) in [4.78, 5) is 24.4. The van der Waals surface area contributed by atoms with Crippen molar-refractivity contribution in [2.45, 2.75) is 26.9 Å². The van der Waals surface area contributed by atoms with Crippen LogP contribution < -0.4 is 20.3 Å². The normalized spacial score (nSPS) is 10.3. The van der Waals surface area contributed by atoms with Gasteiger partial charge in [0.15, 0.2) is 0 Å². The van der Waals surface area contributed by atoms with E-state index >= 15 is 0 Å². The van der Waals surface area contributed by atoms with Gasteiger partial charge in [-0.3, -0.25) is 20.4 Å². The molecular weight excluding hydrogens is 392 g/mol. The lowest BCUT2D eigenvalue weighted by atomic mass is 10.1. The van der Waals surface area contributed by atoms with Gasteiger partial charge < -0.3 is 9.47 Å². The lowest BCUT2D eigenvalue weighted by Crippen LogP contribution is -2.42. The molecule has 0 spiro atoms. The molecule has 0 aliphatic carbocycles. The minimum Gasteiger partial charge on any atom is -0.494 e. The van der Waals surface area contributed by atoms with E-state index < -0.39 is 0 Å². The molecular formula is C25H26N2O4. The summed E-state index contributed by atoms with van der Waals surface area (Å²) in [6.07, 6.45) is 0.203. The molecule has 0 atom stereocenters. The quantitative estimate of drug-likeness (QED) is 0.543. The van der Waals surface area contributed by atoms with Crippen LogP contribution in [0.1, 0.15) is 34.0 Å². The van der Waals surface area contributed by atoms with E-state index in [1.54, 1.807) is 12.1 Å². The first-order valence-corrected chi connectivity index (χ1v) is 10.1. The van der Waals surface area contributed by atoms with E-state index in [9.17, 15) is 9.59 Å².